The first kappa shape index (κ1) is 12.7. The zero-order valence-corrected chi connectivity index (χ0v) is 11.1. The van der Waals surface area contributed by atoms with Crippen LogP contribution in [0, 0.1) is 12.8 Å². The molecule has 1 fully saturated rings. The van der Waals surface area contributed by atoms with Crippen molar-refractivity contribution in [2.75, 3.05) is 11.9 Å². The Morgan fingerprint density at radius 3 is 2.94 bits per heavy atom. The Hall–Kier alpha value is -0.730. The van der Waals surface area contributed by atoms with Gasteiger partial charge in [0.2, 0.25) is 0 Å². The van der Waals surface area contributed by atoms with Crippen LogP contribution in [0.15, 0.2) is 18.2 Å². The van der Waals surface area contributed by atoms with Crippen LogP contribution in [-0.2, 0) is 0 Å². The van der Waals surface area contributed by atoms with Crippen molar-refractivity contribution < 1.29 is 0 Å². The monoisotopic (exact) mass is 252 g/mol. The van der Waals surface area contributed by atoms with E-state index in [1.807, 2.05) is 12.1 Å². The van der Waals surface area contributed by atoms with E-state index >= 15 is 0 Å². The van der Waals surface area contributed by atoms with Crippen molar-refractivity contribution in [2.45, 2.75) is 38.6 Å². The van der Waals surface area contributed by atoms with E-state index in [2.05, 4.69) is 18.3 Å². The summed E-state index contributed by atoms with van der Waals surface area (Å²) >= 11 is 5.94. The average molecular weight is 253 g/mol. The Kier molecular flexibility index (Phi) is 4.30. The van der Waals surface area contributed by atoms with Gasteiger partial charge in [0, 0.05) is 23.3 Å². The summed E-state index contributed by atoms with van der Waals surface area (Å²) in [6.07, 6.45) is 4.91. The molecular formula is C14H21ClN2. The van der Waals surface area contributed by atoms with Gasteiger partial charge in [0.05, 0.1) is 0 Å². The summed E-state index contributed by atoms with van der Waals surface area (Å²) < 4.78 is 0. The van der Waals surface area contributed by atoms with Gasteiger partial charge in [-0.05, 0) is 55.9 Å². The van der Waals surface area contributed by atoms with Crippen LogP contribution in [0.1, 0.15) is 31.2 Å². The Morgan fingerprint density at radius 2 is 2.24 bits per heavy atom. The predicted octanol–water partition coefficient (Wildman–Crippen LogP) is 3.58. The maximum Gasteiger partial charge on any atom is 0.0410 e. The molecule has 1 aromatic rings. The van der Waals surface area contributed by atoms with E-state index in [4.69, 9.17) is 17.3 Å². The van der Waals surface area contributed by atoms with Gasteiger partial charge in [0.1, 0.15) is 0 Å². The number of aryl methyl sites for hydroxylation is 1. The van der Waals surface area contributed by atoms with E-state index in [1.165, 1.54) is 30.5 Å². The van der Waals surface area contributed by atoms with Crippen molar-refractivity contribution in [3.05, 3.63) is 28.8 Å². The van der Waals surface area contributed by atoms with E-state index in [0.717, 1.165) is 18.0 Å². The minimum absolute atomic E-state index is 0.405. The fraction of sp³-hybridized carbons (Fsp3) is 0.571. The van der Waals surface area contributed by atoms with Crippen LogP contribution >= 0.6 is 11.6 Å². The zero-order chi connectivity index (χ0) is 12.3. The standard InChI is InChI=1S/C14H21ClN2/c1-10-7-12(15)5-6-14(10)17-9-11-3-2-4-13(16)8-11/h5-7,11,13,17H,2-4,8-9,16H2,1H3. The molecule has 2 rings (SSSR count). The molecule has 0 amide bonds. The van der Waals surface area contributed by atoms with Gasteiger partial charge in [0.25, 0.3) is 0 Å². The number of benzene rings is 1. The lowest BCUT2D eigenvalue weighted by molar-refractivity contribution is 0.335. The number of hydrogen-bond acceptors (Lipinski definition) is 2. The lowest BCUT2D eigenvalue weighted by atomic mass is 9.86. The van der Waals surface area contributed by atoms with Crippen molar-refractivity contribution in [1.29, 1.82) is 0 Å². The molecule has 0 aliphatic heterocycles. The SMILES string of the molecule is Cc1cc(Cl)ccc1NCC1CCCC(N)C1. The summed E-state index contributed by atoms with van der Waals surface area (Å²) in [6, 6.07) is 6.39. The molecule has 1 aromatic carbocycles. The highest BCUT2D eigenvalue weighted by atomic mass is 35.5. The van der Waals surface area contributed by atoms with Gasteiger partial charge in [-0.25, -0.2) is 0 Å². The number of rotatable bonds is 3. The molecule has 3 N–H and O–H groups in total. The minimum Gasteiger partial charge on any atom is -0.385 e. The van der Waals surface area contributed by atoms with Gasteiger partial charge in [-0.15, -0.1) is 0 Å². The maximum atomic E-state index is 6.00. The molecule has 94 valence electrons. The fourth-order valence-corrected chi connectivity index (χ4v) is 2.82. The largest absolute Gasteiger partial charge is 0.385 e. The first-order chi connectivity index (χ1) is 8.15. The summed E-state index contributed by atoms with van der Waals surface area (Å²) in [5.41, 5.74) is 8.39. The van der Waals surface area contributed by atoms with Crippen LogP contribution in [0.2, 0.25) is 5.02 Å². The highest BCUT2D eigenvalue weighted by Crippen LogP contribution is 2.25. The second-order valence-electron chi connectivity index (χ2n) is 5.13. The van der Waals surface area contributed by atoms with Gasteiger partial charge in [-0.2, -0.15) is 0 Å². The molecule has 17 heavy (non-hydrogen) atoms. The second kappa shape index (κ2) is 5.74. The third kappa shape index (κ3) is 3.62. The molecule has 0 radical (unpaired) electrons. The fourth-order valence-electron chi connectivity index (χ4n) is 2.60. The first-order valence-electron chi connectivity index (χ1n) is 6.41. The van der Waals surface area contributed by atoms with Crippen LogP contribution < -0.4 is 11.1 Å². The van der Waals surface area contributed by atoms with Crippen molar-refractivity contribution in [1.82, 2.24) is 0 Å². The summed E-state index contributed by atoms with van der Waals surface area (Å²) in [5.74, 6) is 0.717. The van der Waals surface area contributed by atoms with Crippen LogP contribution in [0.3, 0.4) is 0 Å². The van der Waals surface area contributed by atoms with Crippen molar-refractivity contribution >= 4 is 17.3 Å². The second-order valence-corrected chi connectivity index (χ2v) is 5.57. The third-order valence-electron chi connectivity index (χ3n) is 3.59. The number of nitrogens with two attached hydrogens (primary N) is 1. The smallest absolute Gasteiger partial charge is 0.0410 e. The van der Waals surface area contributed by atoms with Gasteiger partial charge >= 0.3 is 0 Å². The van der Waals surface area contributed by atoms with Crippen molar-refractivity contribution in [3.8, 4) is 0 Å². The lowest BCUT2D eigenvalue weighted by Crippen LogP contribution is -2.31. The molecule has 1 saturated carbocycles. The van der Waals surface area contributed by atoms with Crippen molar-refractivity contribution in [3.63, 3.8) is 0 Å². The molecule has 1 aliphatic rings. The molecule has 2 unspecified atom stereocenters. The Labute approximate surface area is 109 Å². The van der Waals surface area contributed by atoms with E-state index in [1.54, 1.807) is 0 Å². The van der Waals surface area contributed by atoms with Gasteiger partial charge in [0.15, 0.2) is 0 Å². The average Bonchev–Trinajstić information content (AvgIpc) is 2.28. The number of hydrogen-bond donors (Lipinski definition) is 2. The van der Waals surface area contributed by atoms with Crippen LogP contribution in [0.25, 0.3) is 0 Å². The lowest BCUT2D eigenvalue weighted by Gasteiger charge is -2.27. The molecule has 0 aromatic heterocycles. The molecule has 2 atom stereocenters. The Morgan fingerprint density at radius 1 is 1.41 bits per heavy atom. The number of nitrogens with one attached hydrogen (secondary N) is 1. The Bertz CT molecular complexity index is 378. The number of halogens is 1. The number of anilines is 1. The quantitative estimate of drug-likeness (QED) is 0.863. The highest BCUT2D eigenvalue weighted by molar-refractivity contribution is 6.30. The summed E-state index contributed by atoms with van der Waals surface area (Å²) in [4.78, 5) is 0. The minimum atomic E-state index is 0.405. The molecule has 1 aliphatic carbocycles. The van der Waals surface area contributed by atoms with Crippen LogP contribution in [0.4, 0.5) is 5.69 Å². The summed E-state index contributed by atoms with van der Waals surface area (Å²) in [5, 5.41) is 4.32. The maximum absolute atomic E-state index is 6.00. The van der Waals surface area contributed by atoms with Gasteiger partial charge in [-0.3, -0.25) is 0 Å². The molecule has 0 spiro atoms. The summed E-state index contributed by atoms with van der Waals surface area (Å²) in [7, 11) is 0. The van der Waals surface area contributed by atoms with Gasteiger partial charge in [-0.1, -0.05) is 18.0 Å². The molecule has 0 saturated heterocycles. The molecule has 2 nitrogen and oxygen atoms in total. The van der Waals surface area contributed by atoms with Crippen molar-refractivity contribution in [2.24, 2.45) is 11.7 Å². The Balaban J connectivity index is 1.88. The van der Waals surface area contributed by atoms with E-state index in [0.29, 0.717) is 12.0 Å². The summed E-state index contributed by atoms with van der Waals surface area (Å²) in [6.45, 7) is 3.11. The molecular weight excluding hydrogens is 232 g/mol. The third-order valence-corrected chi connectivity index (χ3v) is 3.83. The first-order valence-corrected chi connectivity index (χ1v) is 6.78. The van der Waals surface area contributed by atoms with Crippen LogP contribution in [-0.4, -0.2) is 12.6 Å². The normalized spacial score (nSPS) is 24.6. The zero-order valence-electron chi connectivity index (χ0n) is 10.4. The topological polar surface area (TPSA) is 38.0 Å². The molecule has 3 heteroatoms. The van der Waals surface area contributed by atoms with E-state index in [9.17, 15) is 0 Å². The van der Waals surface area contributed by atoms with E-state index in [-0.39, 0.29) is 0 Å². The predicted molar refractivity (Wildman–Crippen MR) is 74.6 cm³/mol. The highest BCUT2D eigenvalue weighted by Gasteiger charge is 2.18. The van der Waals surface area contributed by atoms with Gasteiger partial charge < -0.3 is 11.1 Å². The molecule has 0 bridgehead atoms. The van der Waals surface area contributed by atoms with Crippen LogP contribution in [0.5, 0.6) is 0 Å². The van der Waals surface area contributed by atoms with E-state index < -0.39 is 0 Å². The molecule has 0 heterocycles.